The number of rotatable bonds is 4. The van der Waals surface area contributed by atoms with Crippen LogP contribution in [0.4, 0.5) is 0 Å². The van der Waals surface area contributed by atoms with Gasteiger partial charge in [0.15, 0.2) is 0 Å². The molecule has 112 valence electrons. The molecular formula is C16H21N3O2. The zero-order valence-electron chi connectivity index (χ0n) is 12.5. The first-order chi connectivity index (χ1) is 10.2. The van der Waals surface area contributed by atoms with E-state index in [0.29, 0.717) is 12.6 Å². The lowest BCUT2D eigenvalue weighted by atomic mass is 10.0. The van der Waals surface area contributed by atoms with Gasteiger partial charge in [0, 0.05) is 36.6 Å². The summed E-state index contributed by atoms with van der Waals surface area (Å²) >= 11 is 0. The van der Waals surface area contributed by atoms with Crippen molar-refractivity contribution in [2.24, 2.45) is 0 Å². The standard InChI is InChI=1S/C16H21N3O2/c1-12(2)17-10-15(20)19-8-7-18-6-3-4-14(18)16(19)13-5-9-21-11-13/h3-6,9,11-12,16-17H,7-8,10H2,1-2H3. The highest BCUT2D eigenvalue weighted by Crippen LogP contribution is 2.32. The number of hydrogen-bond donors (Lipinski definition) is 1. The number of carbonyl (C=O) groups excluding carboxylic acids is 1. The van der Waals surface area contributed by atoms with Gasteiger partial charge in [-0.3, -0.25) is 4.79 Å². The van der Waals surface area contributed by atoms with E-state index >= 15 is 0 Å². The van der Waals surface area contributed by atoms with E-state index in [2.05, 4.69) is 22.1 Å². The number of nitrogens with zero attached hydrogens (tertiary/aromatic N) is 2. The fraction of sp³-hybridized carbons (Fsp3) is 0.438. The Labute approximate surface area is 124 Å². The monoisotopic (exact) mass is 287 g/mol. The van der Waals surface area contributed by atoms with Gasteiger partial charge in [0.1, 0.15) is 6.04 Å². The van der Waals surface area contributed by atoms with Crippen LogP contribution in [-0.2, 0) is 11.3 Å². The van der Waals surface area contributed by atoms with E-state index in [0.717, 1.165) is 24.3 Å². The van der Waals surface area contributed by atoms with Gasteiger partial charge in [-0.2, -0.15) is 0 Å². The van der Waals surface area contributed by atoms with Crippen molar-refractivity contribution in [3.8, 4) is 0 Å². The number of fused-ring (bicyclic) bond motifs is 1. The number of amides is 1. The van der Waals surface area contributed by atoms with Gasteiger partial charge in [-0.15, -0.1) is 0 Å². The van der Waals surface area contributed by atoms with Crippen LogP contribution in [0.15, 0.2) is 41.3 Å². The SMILES string of the molecule is CC(C)NCC(=O)N1CCn2cccc2C1c1ccoc1. The summed E-state index contributed by atoms with van der Waals surface area (Å²) in [6.45, 7) is 6.01. The third-order valence-corrected chi connectivity index (χ3v) is 3.88. The second kappa shape index (κ2) is 5.77. The molecule has 1 N–H and O–H groups in total. The number of aromatic nitrogens is 1. The van der Waals surface area contributed by atoms with Gasteiger partial charge >= 0.3 is 0 Å². The normalized spacial score (nSPS) is 18.0. The van der Waals surface area contributed by atoms with Crippen molar-refractivity contribution in [1.29, 1.82) is 0 Å². The van der Waals surface area contributed by atoms with Crippen molar-refractivity contribution in [2.75, 3.05) is 13.1 Å². The summed E-state index contributed by atoms with van der Waals surface area (Å²) in [6.07, 6.45) is 5.45. The fourth-order valence-corrected chi connectivity index (χ4v) is 2.83. The van der Waals surface area contributed by atoms with E-state index in [1.807, 2.05) is 30.9 Å². The third-order valence-electron chi connectivity index (χ3n) is 3.88. The highest BCUT2D eigenvalue weighted by Gasteiger charge is 2.32. The molecule has 1 unspecified atom stereocenters. The van der Waals surface area contributed by atoms with Crippen LogP contribution in [0.1, 0.15) is 31.1 Å². The average molecular weight is 287 g/mol. The molecular weight excluding hydrogens is 266 g/mol. The Hall–Kier alpha value is -2.01. The zero-order valence-corrected chi connectivity index (χ0v) is 12.5. The average Bonchev–Trinajstić information content (AvgIpc) is 3.14. The minimum atomic E-state index is -0.0611. The molecule has 0 bridgehead atoms. The highest BCUT2D eigenvalue weighted by molar-refractivity contribution is 5.79. The van der Waals surface area contributed by atoms with Crippen LogP contribution in [-0.4, -0.2) is 34.5 Å². The summed E-state index contributed by atoms with van der Waals surface area (Å²) in [5.74, 6) is 0.127. The molecule has 0 fully saturated rings. The molecule has 3 heterocycles. The fourth-order valence-electron chi connectivity index (χ4n) is 2.83. The van der Waals surface area contributed by atoms with Gasteiger partial charge in [0.2, 0.25) is 5.91 Å². The Morgan fingerprint density at radius 1 is 1.43 bits per heavy atom. The van der Waals surface area contributed by atoms with Gasteiger partial charge < -0.3 is 19.2 Å². The van der Waals surface area contributed by atoms with Gasteiger partial charge in [-0.05, 0) is 18.2 Å². The molecule has 21 heavy (non-hydrogen) atoms. The van der Waals surface area contributed by atoms with Crippen molar-refractivity contribution >= 4 is 5.91 Å². The molecule has 0 saturated carbocycles. The van der Waals surface area contributed by atoms with Crippen LogP contribution in [0.5, 0.6) is 0 Å². The van der Waals surface area contributed by atoms with E-state index < -0.39 is 0 Å². The second-order valence-electron chi connectivity index (χ2n) is 5.71. The Kier molecular flexibility index (Phi) is 3.84. The molecule has 0 aromatic carbocycles. The largest absolute Gasteiger partial charge is 0.472 e. The Balaban J connectivity index is 1.88. The van der Waals surface area contributed by atoms with Gasteiger partial charge in [0.05, 0.1) is 19.1 Å². The number of furan rings is 1. The summed E-state index contributed by atoms with van der Waals surface area (Å²) in [6, 6.07) is 6.28. The van der Waals surface area contributed by atoms with Crippen molar-refractivity contribution in [3.63, 3.8) is 0 Å². The van der Waals surface area contributed by atoms with Crippen LogP contribution in [0, 0.1) is 0 Å². The van der Waals surface area contributed by atoms with E-state index in [-0.39, 0.29) is 11.9 Å². The maximum atomic E-state index is 12.6. The molecule has 1 amide bonds. The van der Waals surface area contributed by atoms with Crippen LogP contribution < -0.4 is 5.32 Å². The molecule has 0 radical (unpaired) electrons. The van der Waals surface area contributed by atoms with Crippen LogP contribution in [0.25, 0.3) is 0 Å². The molecule has 3 rings (SSSR count). The predicted octanol–water partition coefficient (Wildman–Crippen LogP) is 2.01. The summed E-state index contributed by atoms with van der Waals surface area (Å²) in [5.41, 5.74) is 2.16. The van der Waals surface area contributed by atoms with Gasteiger partial charge in [0.25, 0.3) is 0 Å². The Bertz CT molecular complexity index is 601. The molecule has 2 aromatic rings. The molecule has 5 nitrogen and oxygen atoms in total. The quantitative estimate of drug-likeness (QED) is 0.936. The Morgan fingerprint density at radius 2 is 2.29 bits per heavy atom. The van der Waals surface area contributed by atoms with Crippen LogP contribution >= 0.6 is 0 Å². The first-order valence-electron chi connectivity index (χ1n) is 7.37. The molecule has 2 aromatic heterocycles. The first-order valence-corrected chi connectivity index (χ1v) is 7.37. The van der Waals surface area contributed by atoms with E-state index in [4.69, 9.17) is 4.42 Å². The maximum absolute atomic E-state index is 12.6. The lowest BCUT2D eigenvalue weighted by Crippen LogP contribution is -2.46. The summed E-state index contributed by atoms with van der Waals surface area (Å²) in [5, 5.41) is 3.20. The summed E-state index contributed by atoms with van der Waals surface area (Å²) in [4.78, 5) is 14.5. The summed E-state index contributed by atoms with van der Waals surface area (Å²) < 4.78 is 7.43. The molecule has 5 heteroatoms. The minimum Gasteiger partial charge on any atom is -0.472 e. The molecule has 0 aliphatic carbocycles. The van der Waals surface area contributed by atoms with Crippen LogP contribution in [0.3, 0.4) is 0 Å². The summed E-state index contributed by atoms with van der Waals surface area (Å²) in [7, 11) is 0. The second-order valence-corrected chi connectivity index (χ2v) is 5.71. The molecule has 1 aliphatic heterocycles. The highest BCUT2D eigenvalue weighted by atomic mass is 16.3. The number of carbonyl (C=O) groups is 1. The zero-order chi connectivity index (χ0) is 14.8. The molecule has 0 saturated heterocycles. The van der Waals surface area contributed by atoms with Crippen molar-refractivity contribution in [3.05, 3.63) is 48.2 Å². The number of nitrogens with one attached hydrogen (secondary N) is 1. The van der Waals surface area contributed by atoms with Crippen LogP contribution in [0.2, 0.25) is 0 Å². The minimum absolute atomic E-state index is 0.0611. The van der Waals surface area contributed by atoms with Crippen molar-refractivity contribution in [2.45, 2.75) is 32.5 Å². The van der Waals surface area contributed by atoms with E-state index in [1.165, 1.54) is 0 Å². The van der Waals surface area contributed by atoms with E-state index in [1.54, 1.807) is 12.5 Å². The van der Waals surface area contributed by atoms with Gasteiger partial charge in [-0.1, -0.05) is 13.8 Å². The smallest absolute Gasteiger partial charge is 0.237 e. The van der Waals surface area contributed by atoms with Crippen molar-refractivity contribution < 1.29 is 9.21 Å². The maximum Gasteiger partial charge on any atom is 0.237 e. The topological polar surface area (TPSA) is 50.4 Å². The lowest BCUT2D eigenvalue weighted by Gasteiger charge is -2.36. The van der Waals surface area contributed by atoms with Gasteiger partial charge in [-0.25, -0.2) is 0 Å². The predicted molar refractivity (Wildman–Crippen MR) is 79.8 cm³/mol. The Morgan fingerprint density at radius 3 is 3.00 bits per heavy atom. The first kappa shape index (κ1) is 13.9. The lowest BCUT2D eigenvalue weighted by molar-refractivity contribution is -0.133. The van der Waals surface area contributed by atoms with Crippen molar-refractivity contribution in [1.82, 2.24) is 14.8 Å². The molecule has 0 spiro atoms. The number of hydrogen-bond acceptors (Lipinski definition) is 3. The molecule has 1 atom stereocenters. The van der Waals surface area contributed by atoms with E-state index in [9.17, 15) is 4.79 Å². The third kappa shape index (κ3) is 2.74. The molecule has 1 aliphatic rings.